The van der Waals surface area contributed by atoms with E-state index in [1.807, 2.05) is 49.3 Å². The lowest BCUT2D eigenvalue weighted by atomic mass is 10.1. The molecule has 0 unspecified atom stereocenters. The summed E-state index contributed by atoms with van der Waals surface area (Å²) in [6.45, 7) is 1.79. The van der Waals surface area contributed by atoms with E-state index in [0.29, 0.717) is 16.9 Å². The molecule has 0 fully saturated rings. The van der Waals surface area contributed by atoms with Crippen molar-refractivity contribution in [2.75, 3.05) is 19.0 Å². The summed E-state index contributed by atoms with van der Waals surface area (Å²) in [6, 6.07) is 13.4. The molecule has 6 heteroatoms. The molecule has 0 radical (unpaired) electrons. The van der Waals surface area contributed by atoms with Crippen molar-refractivity contribution in [1.29, 1.82) is 0 Å². The average Bonchev–Trinajstić information content (AvgIpc) is 2.97. The van der Waals surface area contributed by atoms with Crippen LogP contribution in [0, 0.1) is 18.6 Å². The van der Waals surface area contributed by atoms with Crippen molar-refractivity contribution in [3.8, 4) is 22.4 Å². The number of anilines is 1. The number of aromatic nitrogens is 3. The zero-order valence-electron chi connectivity index (χ0n) is 15.2. The molecule has 4 nitrogen and oxygen atoms in total. The first-order chi connectivity index (χ1) is 12.9. The lowest BCUT2D eigenvalue weighted by Crippen LogP contribution is -2.07. The van der Waals surface area contributed by atoms with Gasteiger partial charge in [-0.25, -0.2) is 18.3 Å². The highest BCUT2D eigenvalue weighted by molar-refractivity contribution is 5.81. The fourth-order valence-electron chi connectivity index (χ4n) is 3.14. The Morgan fingerprint density at radius 2 is 1.70 bits per heavy atom. The van der Waals surface area contributed by atoms with Crippen molar-refractivity contribution in [3.05, 3.63) is 72.1 Å². The van der Waals surface area contributed by atoms with Gasteiger partial charge in [0.15, 0.2) is 5.65 Å². The quantitative estimate of drug-likeness (QED) is 0.528. The minimum absolute atomic E-state index is 0.288. The molecule has 0 amide bonds. The Balaban J connectivity index is 1.87. The molecule has 0 atom stereocenters. The first-order valence-electron chi connectivity index (χ1n) is 8.53. The molecule has 0 saturated carbocycles. The van der Waals surface area contributed by atoms with Crippen LogP contribution in [-0.2, 0) is 0 Å². The molecule has 0 spiro atoms. The van der Waals surface area contributed by atoms with Gasteiger partial charge in [-0.05, 0) is 37.3 Å². The smallest absolute Gasteiger partial charge is 0.163 e. The van der Waals surface area contributed by atoms with E-state index in [1.54, 1.807) is 17.6 Å². The van der Waals surface area contributed by atoms with Crippen LogP contribution in [-0.4, -0.2) is 28.7 Å². The fourth-order valence-corrected chi connectivity index (χ4v) is 3.14. The summed E-state index contributed by atoms with van der Waals surface area (Å²) in [5, 5.41) is 4.41. The molecule has 0 bridgehead atoms. The van der Waals surface area contributed by atoms with Crippen LogP contribution in [0.4, 0.5) is 14.5 Å². The van der Waals surface area contributed by atoms with Crippen LogP contribution in [0.5, 0.6) is 0 Å². The maximum absolute atomic E-state index is 14.4. The van der Waals surface area contributed by atoms with Crippen molar-refractivity contribution in [3.63, 3.8) is 0 Å². The average molecular weight is 364 g/mol. The summed E-state index contributed by atoms with van der Waals surface area (Å²) in [5.41, 5.74) is 4.83. The Morgan fingerprint density at radius 3 is 2.37 bits per heavy atom. The highest BCUT2D eigenvalue weighted by atomic mass is 19.1. The molecule has 2 aromatic heterocycles. The van der Waals surface area contributed by atoms with Crippen LogP contribution in [0.15, 0.2) is 54.7 Å². The summed E-state index contributed by atoms with van der Waals surface area (Å²) in [7, 11) is 3.97. The number of aryl methyl sites for hydroxylation is 1. The van der Waals surface area contributed by atoms with Crippen molar-refractivity contribution in [1.82, 2.24) is 14.6 Å². The SMILES string of the molecule is Cc1nn2ccc(-c3ccc(N(C)C)cc3)nc2c1-c1ccc(F)cc1F. The topological polar surface area (TPSA) is 33.4 Å². The molecule has 2 heterocycles. The predicted molar refractivity (Wildman–Crippen MR) is 103 cm³/mol. The summed E-state index contributed by atoms with van der Waals surface area (Å²) < 4.78 is 29.3. The summed E-state index contributed by atoms with van der Waals surface area (Å²) in [6.07, 6.45) is 1.80. The molecule has 4 rings (SSSR count). The van der Waals surface area contributed by atoms with Gasteiger partial charge in [0.25, 0.3) is 0 Å². The number of rotatable bonds is 3. The predicted octanol–water partition coefficient (Wildman–Crippen LogP) is 4.72. The first-order valence-corrected chi connectivity index (χ1v) is 8.53. The van der Waals surface area contributed by atoms with Gasteiger partial charge in [0.1, 0.15) is 11.6 Å². The zero-order chi connectivity index (χ0) is 19.1. The molecule has 0 aliphatic heterocycles. The molecule has 0 aliphatic carbocycles. The van der Waals surface area contributed by atoms with Crippen LogP contribution in [0.25, 0.3) is 28.0 Å². The number of benzene rings is 2. The maximum Gasteiger partial charge on any atom is 0.163 e. The second kappa shape index (κ2) is 6.46. The van der Waals surface area contributed by atoms with E-state index in [0.717, 1.165) is 23.0 Å². The number of hydrogen-bond donors (Lipinski definition) is 0. The van der Waals surface area contributed by atoms with Crippen LogP contribution >= 0.6 is 0 Å². The van der Waals surface area contributed by atoms with Gasteiger partial charge in [0.2, 0.25) is 0 Å². The fraction of sp³-hybridized carbons (Fsp3) is 0.143. The Labute approximate surface area is 155 Å². The Hall–Kier alpha value is -3.28. The largest absolute Gasteiger partial charge is 0.378 e. The molecule has 0 saturated heterocycles. The summed E-state index contributed by atoms with van der Waals surface area (Å²) in [5.74, 6) is -1.24. The van der Waals surface area contributed by atoms with E-state index in [-0.39, 0.29) is 5.56 Å². The third-order valence-corrected chi connectivity index (χ3v) is 4.54. The van der Waals surface area contributed by atoms with Gasteiger partial charge in [-0.15, -0.1) is 0 Å². The van der Waals surface area contributed by atoms with Gasteiger partial charge in [-0.2, -0.15) is 5.10 Å². The molecule has 0 aliphatic rings. The third-order valence-electron chi connectivity index (χ3n) is 4.54. The van der Waals surface area contributed by atoms with E-state index in [9.17, 15) is 8.78 Å². The van der Waals surface area contributed by atoms with E-state index >= 15 is 0 Å². The zero-order valence-corrected chi connectivity index (χ0v) is 15.2. The number of fused-ring (bicyclic) bond motifs is 1. The van der Waals surface area contributed by atoms with E-state index in [2.05, 4.69) is 5.10 Å². The van der Waals surface area contributed by atoms with Gasteiger partial charge in [-0.3, -0.25) is 0 Å². The van der Waals surface area contributed by atoms with Crippen molar-refractivity contribution in [2.45, 2.75) is 6.92 Å². The van der Waals surface area contributed by atoms with Gasteiger partial charge in [0, 0.05) is 43.2 Å². The van der Waals surface area contributed by atoms with Crippen molar-refractivity contribution >= 4 is 11.3 Å². The Morgan fingerprint density at radius 1 is 0.963 bits per heavy atom. The number of nitrogens with zero attached hydrogens (tertiary/aromatic N) is 4. The lowest BCUT2D eigenvalue weighted by molar-refractivity contribution is 0.585. The van der Waals surface area contributed by atoms with Crippen LogP contribution in [0.3, 0.4) is 0 Å². The molecule has 0 N–H and O–H groups in total. The maximum atomic E-state index is 14.4. The third kappa shape index (κ3) is 3.03. The Kier molecular flexibility index (Phi) is 4.11. The normalized spacial score (nSPS) is 11.1. The van der Waals surface area contributed by atoms with Gasteiger partial charge < -0.3 is 4.90 Å². The van der Waals surface area contributed by atoms with Crippen LogP contribution in [0.2, 0.25) is 0 Å². The molecular weight excluding hydrogens is 346 g/mol. The molecule has 27 heavy (non-hydrogen) atoms. The van der Waals surface area contributed by atoms with Gasteiger partial charge in [-0.1, -0.05) is 12.1 Å². The van der Waals surface area contributed by atoms with E-state index in [4.69, 9.17) is 4.98 Å². The minimum atomic E-state index is -0.629. The van der Waals surface area contributed by atoms with Crippen LogP contribution in [0.1, 0.15) is 5.69 Å². The lowest BCUT2D eigenvalue weighted by Gasteiger charge is -2.12. The monoisotopic (exact) mass is 364 g/mol. The second-order valence-corrected chi connectivity index (χ2v) is 6.61. The molecule has 136 valence electrons. The van der Waals surface area contributed by atoms with E-state index in [1.165, 1.54) is 12.1 Å². The first kappa shape index (κ1) is 17.1. The second-order valence-electron chi connectivity index (χ2n) is 6.61. The van der Waals surface area contributed by atoms with E-state index < -0.39 is 11.6 Å². The highest BCUT2D eigenvalue weighted by Crippen LogP contribution is 2.31. The van der Waals surface area contributed by atoms with Crippen molar-refractivity contribution in [2.24, 2.45) is 0 Å². The number of halogens is 2. The Bertz CT molecular complexity index is 1130. The summed E-state index contributed by atoms with van der Waals surface area (Å²) in [4.78, 5) is 6.73. The summed E-state index contributed by atoms with van der Waals surface area (Å²) >= 11 is 0. The van der Waals surface area contributed by atoms with Gasteiger partial charge >= 0.3 is 0 Å². The molecule has 4 aromatic rings. The molecular formula is C21H18F2N4. The van der Waals surface area contributed by atoms with Crippen molar-refractivity contribution < 1.29 is 8.78 Å². The molecule has 2 aromatic carbocycles. The standard InChI is InChI=1S/C21H18F2N4/c1-13-20(17-9-6-15(22)12-18(17)23)21-24-19(10-11-27(21)25-13)14-4-7-16(8-5-14)26(2)3/h4-12H,1-3H3. The highest BCUT2D eigenvalue weighted by Gasteiger charge is 2.17. The number of hydrogen-bond acceptors (Lipinski definition) is 3. The van der Waals surface area contributed by atoms with Crippen LogP contribution < -0.4 is 4.90 Å². The van der Waals surface area contributed by atoms with Gasteiger partial charge in [0.05, 0.1) is 17.0 Å². The minimum Gasteiger partial charge on any atom is -0.378 e.